The van der Waals surface area contributed by atoms with Crippen LogP contribution in [0.1, 0.15) is 168 Å². The van der Waals surface area contributed by atoms with Gasteiger partial charge in [-0.3, -0.25) is 0 Å². The topological polar surface area (TPSA) is 9.23 Å². The molecular formula is C31H60O. The summed E-state index contributed by atoms with van der Waals surface area (Å²) in [6.07, 6.45) is 35.3. The molecule has 2 aliphatic rings. The summed E-state index contributed by atoms with van der Waals surface area (Å²) in [6, 6.07) is 0. The Morgan fingerprint density at radius 2 is 0.906 bits per heavy atom. The van der Waals surface area contributed by atoms with Crippen molar-refractivity contribution in [1.29, 1.82) is 0 Å². The minimum atomic E-state index is 0.588. The van der Waals surface area contributed by atoms with Crippen LogP contribution in [0.25, 0.3) is 0 Å². The molecule has 0 heterocycles. The molecule has 32 heavy (non-hydrogen) atoms. The predicted octanol–water partition coefficient (Wildman–Crippen LogP) is 10.6. The van der Waals surface area contributed by atoms with E-state index in [0.29, 0.717) is 6.10 Å². The monoisotopic (exact) mass is 448 g/mol. The van der Waals surface area contributed by atoms with Crippen LogP contribution < -0.4 is 0 Å². The first-order valence-corrected chi connectivity index (χ1v) is 15.4. The number of ether oxygens (including phenoxy) is 1. The summed E-state index contributed by atoms with van der Waals surface area (Å²) in [5, 5.41) is 0. The normalized spacial score (nSPS) is 26.4. The molecule has 0 aromatic rings. The number of unbranched alkanes of at least 4 members (excludes halogenated alkanes) is 13. The molecule has 0 N–H and O–H groups in total. The van der Waals surface area contributed by atoms with Crippen LogP contribution in [0.5, 0.6) is 0 Å². The Morgan fingerprint density at radius 1 is 0.469 bits per heavy atom. The van der Waals surface area contributed by atoms with Crippen molar-refractivity contribution in [2.75, 3.05) is 6.61 Å². The standard InChI is InChI=1S/C31H60O/c1-3-5-7-9-11-12-14-16-18-28-19-21-29(22-20-28)30-23-25-31(26-24-30)32-27-17-15-13-10-8-6-4-2/h28-31H,3-27H2,1-2H3/t28-,29-,30-,31-. The van der Waals surface area contributed by atoms with Gasteiger partial charge < -0.3 is 4.74 Å². The summed E-state index contributed by atoms with van der Waals surface area (Å²) in [5.41, 5.74) is 0. The van der Waals surface area contributed by atoms with Gasteiger partial charge in [-0.2, -0.15) is 0 Å². The minimum Gasteiger partial charge on any atom is -0.378 e. The maximum Gasteiger partial charge on any atom is 0.0575 e. The number of rotatable bonds is 19. The molecule has 0 aromatic heterocycles. The first kappa shape index (κ1) is 28.2. The van der Waals surface area contributed by atoms with Gasteiger partial charge >= 0.3 is 0 Å². The molecule has 190 valence electrons. The summed E-state index contributed by atoms with van der Waals surface area (Å²) in [4.78, 5) is 0. The molecule has 0 radical (unpaired) electrons. The van der Waals surface area contributed by atoms with Crippen molar-refractivity contribution < 1.29 is 4.74 Å². The fourth-order valence-electron chi connectivity index (χ4n) is 6.55. The Kier molecular flexibility index (Phi) is 17.0. The highest BCUT2D eigenvalue weighted by Gasteiger charge is 2.30. The molecule has 0 bridgehead atoms. The van der Waals surface area contributed by atoms with E-state index in [4.69, 9.17) is 4.74 Å². The second-order valence-corrected chi connectivity index (χ2v) is 11.6. The van der Waals surface area contributed by atoms with Gasteiger partial charge in [0.1, 0.15) is 0 Å². The van der Waals surface area contributed by atoms with E-state index in [-0.39, 0.29) is 0 Å². The lowest BCUT2D eigenvalue weighted by Crippen LogP contribution is -2.28. The molecule has 0 spiro atoms. The number of hydrogen-bond donors (Lipinski definition) is 0. The predicted molar refractivity (Wildman–Crippen MR) is 142 cm³/mol. The first-order valence-electron chi connectivity index (χ1n) is 15.4. The number of hydrogen-bond acceptors (Lipinski definition) is 1. The highest BCUT2D eigenvalue weighted by atomic mass is 16.5. The molecule has 2 fully saturated rings. The summed E-state index contributed by atoms with van der Waals surface area (Å²) < 4.78 is 6.25. The second-order valence-electron chi connectivity index (χ2n) is 11.6. The second kappa shape index (κ2) is 19.3. The Labute approximate surface area is 203 Å². The summed E-state index contributed by atoms with van der Waals surface area (Å²) >= 11 is 0. The zero-order chi connectivity index (χ0) is 22.7. The van der Waals surface area contributed by atoms with Crippen molar-refractivity contribution >= 4 is 0 Å². The molecule has 0 amide bonds. The maximum absolute atomic E-state index is 6.25. The van der Waals surface area contributed by atoms with Gasteiger partial charge in [-0.15, -0.1) is 0 Å². The zero-order valence-electron chi connectivity index (χ0n) is 22.4. The van der Waals surface area contributed by atoms with Crippen molar-refractivity contribution in [2.45, 2.75) is 174 Å². The van der Waals surface area contributed by atoms with E-state index in [1.807, 2.05) is 0 Å². The molecule has 2 aliphatic carbocycles. The Bertz CT molecular complexity index is 351. The van der Waals surface area contributed by atoms with Crippen molar-refractivity contribution in [3.8, 4) is 0 Å². The fraction of sp³-hybridized carbons (Fsp3) is 1.00. The van der Waals surface area contributed by atoms with Crippen molar-refractivity contribution in [3.63, 3.8) is 0 Å². The fourth-order valence-corrected chi connectivity index (χ4v) is 6.55. The molecule has 2 saturated carbocycles. The van der Waals surface area contributed by atoms with Gasteiger partial charge in [0.25, 0.3) is 0 Å². The van der Waals surface area contributed by atoms with E-state index in [9.17, 15) is 0 Å². The zero-order valence-corrected chi connectivity index (χ0v) is 22.4. The Balaban J connectivity index is 1.41. The molecular weight excluding hydrogens is 388 g/mol. The van der Waals surface area contributed by atoms with Crippen LogP contribution in [0.3, 0.4) is 0 Å². The van der Waals surface area contributed by atoms with Gasteiger partial charge in [0, 0.05) is 6.61 Å². The third kappa shape index (κ3) is 13.0. The van der Waals surface area contributed by atoms with Gasteiger partial charge in [-0.25, -0.2) is 0 Å². The molecule has 0 aliphatic heterocycles. The molecule has 0 aromatic carbocycles. The van der Waals surface area contributed by atoms with Crippen LogP contribution in [0.15, 0.2) is 0 Å². The molecule has 0 atom stereocenters. The van der Waals surface area contributed by atoms with E-state index >= 15 is 0 Å². The molecule has 0 unspecified atom stereocenters. The average Bonchev–Trinajstić information content (AvgIpc) is 2.83. The van der Waals surface area contributed by atoms with Crippen LogP contribution >= 0.6 is 0 Å². The average molecular weight is 449 g/mol. The van der Waals surface area contributed by atoms with Crippen molar-refractivity contribution in [2.24, 2.45) is 17.8 Å². The van der Waals surface area contributed by atoms with Gasteiger partial charge in [-0.05, 0) is 62.7 Å². The van der Waals surface area contributed by atoms with Crippen LogP contribution in [0, 0.1) is 17.8 Å². The third-order valence-corrected chi connectivity index (χ3v) is 8.84. The van der Waals surface area contributed by atoms with Gasteiger partial charge in [-0.1, -0.05) is 123 Å². The highest BCUT2D eigenvalue weighted by Crippen LogP contribution is 2.41. The third-order valence-electron chi connectivity index (χ3n) is 8.84. The molecule has 0 saturated heterocycles. The lowest BCUT2D eigenvalue weighted by molar-refractivity contribution is 0.00526. The molecule has 1 nitrogen and oxygen atoms in total. The van der Waals surface area contributed by atoms with Crippen molar-refractivity contribution in [3.05, 3.63) is 0 Å². The Morgan fingerprint density at radius 3 is 1.44 bits per heavy atom. The van der Waals surface area contributed by atoms with E-state index in [0.717, 1.165) is 24.4 Å². The van der Waals surface area contributed by atoms with Crippen LogP contribution in [0.2, 0.25) is 0 Å². The maximum atomic E-state index is 6.25. The Hall–Kier alpha value is -0.0400. The van der Waals surface area contributed by atoms with Gasteiger partial charge in [0.2, 0.25) is 0 Å². The van der Waals surface area contributed by atoms with Crippen molar-refractivity contribution in [1.82, 2.24) is 0 Å². The molecule has 1 heteroatoms. The van der Waals surface area contributed by atoms with E-state index < -0.39 is 0 Å². The van der Waals surface area contributed by atoms with Crippen LogP contribution in [-0.2, 0) is 4.74 Å². The largest absolute Gasteiger partial charge is 0.378 e. The summed E-state index contributed by atoms with van der Waals surface area (Å²) in [6.45, 7) is 5.63. The molecule has 2 rings (SSSR count). The SMILES string of the molecule is CCCCCCCCCC[C@H]1CC[C@H]([C@H]2CC[C@H](OCCCCCCCCC)CC2)CC1. The highest BCUT2D eigenvalue weighted by molar-refractivity contribution is 4.82. The summed E-state index contributed by atoms with van der Waals surface area (Å²) in [5.74, 6) is 3.14. The van der Waals surface area contributed by atoms with Gasteiger partial charge in [0.05, 0.1) is 6.10 Å². The van der Waals surface area contributed by atoms with E-state index in [2.05, 4.69) is 13.8 Å². The first-order chi connectivity index (χ1) is 15.8. The smallest absolute Gasteiger partial charge is 0.0575 e. The summed E-state index contributed by atoms with van der Waals surface area (Å²) in [7, 11) is 0. The van der Waals surface area contributed by atoms with Gasteiger partial charge in [0.15, 0.2) is 0 Å². The van der Waals surface area contributed by atoms with E-state index in [1.54, 1.807) is 0 Å². The lowest BCUT2D eigenvalue weighted by atomic mass is 9.70. The lowest BCUT2D eigenvalue weighted by Gasteiger charge is -2.38. The quantitative estimate of drug-likeness (QED) is 0.178. The minimum absolute atomic E-state index is 0.588. The van der Waals surface area contributed by atoms with Crippen LogP contribution in [0.4, 0.5) is 0 Å². The van der Waals surface area contributed by atoms with Crippen LogP contribution in [-0.4, -0.2) is 12.7 Å². The van der Waals surface area contributed by atoms with E-state index in [1.165, 1.54) is 154 Å².